The van der Waals surface area contributed by atoms with Crippen LogP contribution in [-0.4, -0.2) is 39.8 Å². The van der Waals surface area contributed by atoms with E-state index in [0.717, 1.165) is 16.0 Å². The van der Waals surface area contributed by atoms with Crippen LogP contribution in [0.3, 0.4) is 0 Å². The van der Waals surface area contributed by atoms with Crippen LogP contribution in [0.1, 0.15) is 11.8 Å². The number of nitrogens with zero attached hydrogens (tertiary/aromatic N) is 3. The molecule has 5 nitrogen and oxygen atoms in total. The number of amides is 1. The Morgan fingerprint density at radius 1 is 1.55 bits per heavy atom. The maximum atomic E-state index is 12.4. The smallest absolute Gasteiger partial charge is 0.233 e. The first-order valence-corrected chi connectivity index (χ1v) is 9.52. The van der Waals surface area contributed by atoms with Crippen LogP contribution >= 0.6 is 34.4 Å². The number of anilines is 1. The van der Waals surface area contributed by atoms with Gasteiger partial charge < -0.3 is 10.2 Å². The van der Waals surface area contributed by atoms with Crippen LogP contribution in [0.25, 0.3) is 0 Å². The molecule has 1 amide bonds. The second-order valence-corrected chi connectivity index (χ2v) is 7.57. The van der Waals surface area contributed by atoms with Crippen LogP contribution in [0, 0.1) is 0 Å². The molecule has 8 heteroatoms. The molecule has 0 radical (unpaired) electrons. The van der Waals surface area contributed by atoms with Gasteiger partial charge in [0.25, 0.3) is 0 Å². The molecule has 0 atom stereocenters. The number of rotatable bonds is 9. The number of thiophene rings is 1. The Hall–Kier alpha value is -1.38. The van der Waals surface area contributed by atoms with Gasteiger partial charge in [0.15, 0.2) is 4.34 Å². The predicted octanol–water partition coefficient (Wildman–Crippen LogP) is 3.34. The van der Waals surface area contributed by atoms with E-state index in [1.54, 1.807) is 22.3 Å². The summed E-state index contributed by atoms with van der Waals surface area (Å²) in [6.07, 6.45) is 1.75. The fourth-order valence-corrected chi connectivity index (χ4v) is 4.15. The Bertz CT molecular complexity index is 597. The lowest BCUT2D eigenvalue weighted by molar-refractivity contribution is -0.128. The fourth-order valence-electron chi connectivity index (χ4n) is 1.71. The number of carbonyl (C=O) groups excluding carboxylic acids is 1. The first kappa shape index (κ1) is 17.0. The van der Waals surface area contributed by atoms with Gasteiger partial charge in [-0.3, -0.25) is 4.79 Å². The predicted molar refractivity (Wildman–Crippen MR) is 94.7 cm³/mol. The van der Waals surface area contributed by atoms with Crippen LogP contribution in [0.15, 0.2) is 34.5 Å². The van der Waals surface area contributed by atoms with E-state index >= 15 is 0 Å². The SMILES string of the molecule is C=CCN(Cc1cccs1)C(=O)CSc1nnc(NCC)s1. The summed E-state index contributed by atoms with van der Waals surface area (Å²) in [4.78, 5) is 15.3. The number of thioether (sulfide) groups is 1. The summed E-state index contributed by atoms with van der Waals surface area (Å²) in [5.74, 6) is 0.443. The monoisotopic (exact) mass is 354 g/mol. The van der Waals surface area contributed by atoms with Gasteiger partial charge in [-0.15, -0.1) is 28.1 Å². The standard InChI is InChI=1S/C14H18N4OS3/c1-3-7-18(9-11-6-5-8-20-11)12(19)10-21-14-17-16-13(22-14)15-4-2/h3,5-6,8H,1,4,7,9-10H2,2H3,(H,15,16). The van der Waals surface area contributed by atoms with Gasteiger partial charge in [-0.2, -0.15) is 0 Å². The van der Waals surface area contributed by atoms with Crippen molar-refractivity contribution in [1.82, 2.24) is 15.1 Å². The summed E-state index contributed by atoms with van der Waals surface area (Å²) in [7, 11) is 0. The molecule has 0 saturated heterocycles. The van der Waals surface area contributed by atoms with Gasteiger partial charge >= 0.3 is 0 Å². The maximum Gasteiger partial charge on any atom is 0.233 e. The highest BCUT2D eigenvalue weighted by atomic mass is 32.2. The first-order chi connectivity index (χ1) is 10.7. The second kappa shape index (κ2) is 8.92. The molecule has 1 N–H and O–H groups in total. The van der Waals surface area contributed by atoms with E-state index in [0.29, 0.717) is 18.8 Å². The fraction of sp³-hybridized carbons (Fsp3) is 0.357. The lowest BCUT2D eigenvalue weighted by atomic mass is 10.4. The summed E-state index contributed by atoms with van der Waals surface area (Å²) in [6.45, 7) is 7.73. The number of aromatic nitrogens is 2. The molecule has 0 spiro atoms. The molecular formula is C14H18N4OS3. The Morgan fingerprint density at radius 3 is 3.09 bits per heavy atom. The van der Waals surface area contributed by atoms with Crippen molar-refractivity contribution in [3.63, 3.8) is 0 Å². The molecule has 2 rings (SSSR count). The molecule has 22 heavy (non-hydrogen) atoms. The van der Waals surface area contributed by atoms with Crippen LogP contribution in [0.2, 0.25) is 0 Å². The molecule has 0 fully saturated rings. The van der Waals surface area contributed by atoms with Gasteiger partial charge in [0.1, 0.15) is 0 Å². The molecule has 0 bridgehead atoms. The lowest BCUT2D eigenvalue weighted by Gasteiger charge is -2.19. The quantitative estimate of drug-likeness (QED) is 0.553. The number of hydrogen-bond donors (Lipinski definition) is 1. The highest BCUT2D eigenvalue weighted by molar-refractivity contribution is 8.01. The molecule has 0 aliphatic heterocycles. The minimum absolute atomic E-state index is 0.0819. The van der Waals surface area contributed by atoms with Crippen molar-refractivity contribution in [2.45, 2.75) is 17.8 Å². The molecule has 2 aromatic heterocycles. The Labute approximate surface area is 142 Å². The van der Waals surface area contributed by atoms with Gasteiger partial charge in [0.2, 0.25) is 11.0 Å². The molecule has 2 heterocycles. The van der Waals surface area contributed by atoms with Gasteiger partial charge in [-0.25, -0.2) is 0 Å². The zero-order valence-corrected chi connectivity index (χ0v) is 14.8. The van der Waals surface area contributed by atoms with Crippen molar-refractivity contribution in [3.8, 4) is 0 Å². The Morgan fingerprint density at radius 2 is 2.41 bits per heavy atom. The first-order valence-electron chi connectivity index (χ1n) is 6.84. The third-order valence-corrected chi connectivity index (χ3v) is 5.54. The van der Waals surface area contributed by atoms with E-state index in [2.05, 4.69) is 22.1 Å². The van der Waals surface area contributed by atoms with Crippen molar-refractivity contribution >= 4 is 45.5 Å². The zero-order chi connectivity index (χ0) is 15.8. The second-order valence-electron chi connectivity index (χ2n) is 4.33. The van der Waals surface area contributed by atoms with Gasteiger partial charge in [0.05, 0.1) is 12.3 Å². The summed E-state index contributed by atoms with van der Waals surface area (Å²) in [5, 5.41) is 14.0. The van der Waals surface area contributed by atoms with Crippen LogP contribution in [0.5, 0.6) is 0 Å². The minimum atomic E-state index is 0.0819. The largest absolute Gasteiger partial charge is 0.360 e. The molecule has 0 aromatic carbocycles. The Kier molecular flexibility index (Phi) is 6.88. The van der Waals surface area contributed by atoms with E-state index in [1.165, 1.54) is 28.0 Å². The average Bonchev–Trinajstić information content (AvgIpc) is 3.16. The topological polar surface area (TPSA) is 58.1 Å². The van der Waals surface area contributed by atoms with E-state index in [-0.39, 0.29) is 5.91 Å². The number of hydrogen-bond acceptors (Lipinski definition) is 7. The third kappa shape index (κ3) is 5.11. The average molecular weight is 355 g/mol. The van der Waals surface area contributed by atoms with E-state index in [1.807, 2.05) is 24.4 Å². The highest BCUT2D eigenvalue weighted by Gasteiger charge is 2.15. The molecule has 0 saturated carbocycles. The van der Waals surface area contributed by atoms with Crippen molar-refractivity contribution in [2.24, 2.45) is 0 Å². The van der Waals surface area contributed by atoms with Crippen molar-refractivity contribution in [2.75, 3.05) is 24.2 Å². The normalized spacial score (nSPS) is 10.4. The number of nitrogens with one attached hydrogen (secondary N) is 1. The van der Waals surface area contributed by atoms with Gasteiger partial charge in [-0.1, -0.05) is 35.2 Å². The maximum absolute atomic E-state index is 12.4. The lowest BCUT2D eigenvalue weighted by Crippen LogP contribution is -2.31. The van der Waals surface area contributed by atoms with Crippen molar-refractivity contribution in [3.05, 3.63) is 35.0 Å². The van der Waals surface area contributed by atoms with E-state index in [4.69, 9.17) is 0 Å². The van der Waals surface area contributed by atoms with Crippen molar-refractivity contribution in [1.29, 1.82) is 0 Å². The highest BCUT2D eigenvalue weighted by Crippen LogP contribution is 2.25. The summed E-state index contributed by atoms with van der Waals surface area (Å²) in [6, 6.07) is 4.03. The molecule has 0 unspecified atom stereocenters. The zero-order valence-electron chi connectivity index (χ0n) is 12.3. The van der Waals surface area contributed by atoms with Crippen LogP contribution in [0.4, 0.5) is 5.13 Å². The molecule has 2 aromatic rings. The summed E-state index contributed by atoms with van der Waals surface area (Å²) in [5.41, 5.74) is 0. The van der Waals surface area contributed by atoms with Crippen LogP contribution in [-0.2, 0) is 11.3 Å². The Balaban J connectivity index is 1.88. The summed E-state index contributed by atoms with van der Waals surface area (Å²) < 4.78 is 0.805. The third-order valence-electron chi connectivity index (χ3n) is 2.68. The minimum Gasteiger partial charge on any atom is -0.360 e. The van der Waals surface area contributed by atoms with Gasteiger partial charge in [-0.05, 0) is 18.4 Å². The van der Waals surface area contributed by atoms with E-state index in [9.17, 15) is 4.79 Å². The molecule has 0 aliphatic rings. The number of carbonyl (C=O) groups is 1. The van der Waals surface area contributed by atoms with Crippen LogP contribution < -0.4 is 5.32 Å². The molecule has 118 valence electrons. The summed E-state index contributed by atoms with van der Waals surface area (Å²) >= 11 is 4.55. The molecule has 0 aliphatic carbocycles. The van der Waals surface area contributed by atoms with Gasteiger partial charge in [0, 0.05) is 18.0 Å². The van der Waals surface area contributed by atoms with E-state index < -0.39 is 0 Å². The molecular weight excluding hydrogens is 336 g/mol. The van der Waals surface area contributed by atoms with Crippen molar-refractivity contribution < 1.29 is 4.79 Å².